The Kier molecular flexibility index (Phi) is 11.5. The van der Waals surface area contributed by atoms with E-state index in [1.54, 1.807) is 18.0 Å². The van der Waals surface area contributed by atoms with Crippen LogP contribution in [0.1, 0.15) is 12.7 Å². The highest BCUT2D eigenvalue weighted by Gasteiger charge is 1.98. The average molecular weight is 383 g/mol. The SMILES string of the molecule is CCNC(=NCCSC)NCCc1ccco1.I. The van der Waals surface area contributed by atoms with Gasteiger partial charge in [-0.15, -0.1) is 24.0 Å². The molecule has 1 aromatic rings. The number of guanidine groups is 1. The molecule has 4 nitrogen and oxygen atoms in total. The Hall–Kier alpha value is -0.370. The third kappa shape index (κ3) is 7.86. The van der Waals surface area contributed by atoms with Gasteiger partial charge >= 0.3 is 0 Å². The van der Waals surface area contributed by atoms with Crippen LogP contribution in [0.4, 0.5) is 0 Å². The van der Waals surface area contributed by atoms with Gasteiger partial charge in [-0.2, -0.15) is 11.8 Å². The van der Waals surface area contributed by atoms with Gasteiger partial charge in [0.2, 0.25) is 0 Å². The summed E-state index contributed by atoms with van der Waals surface area (Å²) >= 11 is 1.81. The van der Waals surface area contributed by atoms with Crippen molar-refractivity contribution < 1.29 is 4.42 Å². The van der Waals surface area contributed by atoms with Gasteiger partial charge in [0.25, 0.3) is 0 Å². The fraction of sp³-hybridized carbons (Fsp3) is 0.583. The summed E-state index contributed by atoms with van der Waals surface area (Å²) in [5.41, 5.74) is 0. The van der Waals surface area contributed by atoms with Gasteiger partial charge in [-0.3, -0.25) is 4.99 Å². The van der Waals surface area contributed by atoms with Crippen molar-refractivity contribution in [3.8, 4) is 0 Å². The van der Waals surface area contributed by atoms with Crippen LogP contribution < -0.4 is 10.6 Å². The molecule has 18 heavy (non-hydrogen) atoms. The molecule has 1 aromatic heterocycles. The zero-order valence-electron chi connectivity index (χ0n) is 10.9. The molecule has 0 bridgehead atoms. The number of nitrogens with zero attached hydrogens (tertiary/aromatic N) is 1. The van der Waals surface area contributed by atoms with Gasteiger partial charge in [0.05, 0.1) is 12.8 Å². The van der Waals surface area contributed by atoms with E-state index < -0.39 is 0 Å². The van der Waals surface area contributed by atoms with Crippen molar-refractivity contribution in [2.75, 3.05) is 31.6 Å². The first kappa shape index (κ1) is 17.6. The van der Waals surface area contributed by atoms with Crippen LogP contribution in [-0.4, -0.2) is 37.6 Å². The van der Waals surface area contributed by atoms with Gasteiger partial charge in [-0.1, -0.05) is 0 Å². The topological polar surface area (TPSA) is 49.6 Å². The standard InChI is InChI=1S/C12H21N3OS.HI/c1-3-13-12(15-8-10-17-2)14-7-6-11-5-4-9-16-11;/h4-5,9H,3,6-8,10H2,1-2H3,(H2,13,14,15);1H. The van der Waals surface area contributed by atoms with Gasteiger partial charge in [0.15, 0.2) is 5.96 Å². The molecule has 0 aromatic carbocycles. The highest BCUT2D eigenvalue weighted by molar-refractivity contribution is 14.0. The maximum Gasteiger partial charge on any atom is 0.191 e. The Morgan fingerprint density at radius 3 is 2.89 bits per heavy atom. The largest absolute Gasteiger partial charge is 0.469 e. The first-order valence-corrected chi connectivity index (χ1v) is 7.29. The van der Waals surface area contributed by atoms with E-state index in [1.807, 2.05) is 12.1 Å². The highest BCUT2D eigenvalue weighted by atomic mass is 127. The zero-order chi connectivity index (χ0) is 12.3. The molecular formula is C12H22IN3OS. The molecular weight excluding hydrogens is 361 g/mol. The molecule has 1 rings (SSSR count). The number of thioether (sulfide) groups is 1. The van der Waals surface area contributed by atoms with Crippen molar-refractivity contribution >= 4 is 41.7 Å². The Balaban J connectivity index is 0.00000289. The molecule has 0 aliphatic rings. The summed E-state index contributed by atoms with van der Waals surface area (Å²) in [7, 11) is 0. The lowest BCUT2D eigenvalue weighted by Crippen LogP contribution is -2.38. The van der Waals surface area contributed by atoms with E-state index in [2.05, 4.69) is 28.8 Å². The Morgan fingerprint density at radius 2 is 2.28 bits per heavy atom. The van der Waals surface area contributed by atoms with Crippen LogP contribution in [0.25, 0.3) is 0 Å². The van der Waals surface area contributed by atoms with E-state index in [4.69, 9.17) is 4.42 Å². The summed E-state index contributed by atoms with van der Waals surface area (Å²) in [5, 5.41) is 6.51. The van der Waals surface area contributed by atoms with Gasteiger partial charge < -0.3 is 15.1 Å². The molecule has 0 aliphatic heterocycles. The van der Waals surface area contributed by atoms with Crippen molar-refractivity contribution in [3.05, 3.63) is 24.2 Å². The van der Waals surface area contributed by atoms with Crippen LogP contribution in [0.3, 0.4) is 0 Å². The number of aliphatic imine (C=N–C) groups is 1. The molecule has 2 N–H and O–H groups in total. The predicted octanol–water partition coefficient (Wildman–Crippen LogP) is 2.36. The minimum absolute atomic E-state index is 0. The Labute approximate surface area is 130 Å². The number of rotatable bonds is 7. The molecule has 0 saturated heterocycles. The minimum atomic E-state index is 0. The van der Waals surface area contributed by atoms with Gasteiger partial charge in [-0.25, -0.2) is 0 Å². The first-order chi connectivity index (χ1) is 8.36. The van der Waals surface area contributed by atoms with Crippen molar-refractivity contribution in [2.45, 2.75) is 13.3 Å². The number of hydrogen-bond acceptors (Lipinski definition) is 3. The summed E-state index contributed by atoms with van der Waals surface area (Å²) in [6.07, 6.45) is 4.67. The maximum atomic E-state index is 5.27. The molecule has 0 radical (unpaired) electrons. The monoisotopic (exact) mass is 383 g/mol. The second-order valence-electron chi connectivity index (χ2n) is 3.51. The van der Waals surface area contributed by atoms with Crippen LogP contribution >= 0.6 is 35.7 Å². The van der Waals surface area contributed by atoms with E-state index in [1.165, 1.54) is 0 Å². The third-order valence-corrected chi connectivity index (χ3v) is 2.74. The fourth-order valence-electron chi connectivity index (χ4n) is 1.35. The summed E-state index contributed by atoms with van der Waals surface area (Å²) in [5.74, 6) is 2.93. The molecule has 0 fully saturated rings. The molecule has 104 valence electrons. The quantitative estimate of drug-likeness (QED) is 0.329. The lowest BCUT2D eigenvalue weighted by molar-refractivity contribution is 0.507. The first-order valence-electron chi connectivity index (χ1n) is 5.90. The highest BCUT2D eigenvalue weighted by Crippen LogP contribution is 1.99. The van der Waals surface area contributed by atoms with E-state index >= 15 is 0 Å². The number of nitrogens with one attached hydrogen (secondary N) is 2. The van der Waals surface area contributed by atoms with Crippen LogP contribution in [0.5, 0.6) is 0 Å². The molecule has 0 atom stereocenters. The third-order valence-electron chi connectivity index (χ3n) is 2.15. The minimum Gasteiger partial charge on any atom is -0.469 e. The second-order valence-corrected chi connectivity index (χ2v) is 4.50. The van der Waals surface area contributed by atoms with Crippen molar-refractivity contribution in [1.29, 1.82) is 0 Å². The summed E-state index contributed by atoms with van der Waals surface area (Å²) in [4.78, 5) is 4.47. The number of furan rings is 1. The maximum absolute atomic E-state index is 5.27. The van der Waals surface area contributed by atoms with Crippen molar-refractivity contribution in [3.63, 3.8) is 0 Å². The van der Waals surface area contributed by atoms with E-state index in [9.17, 15) is 0 Å². The summed E-state index contributed by atoms with van der Waals surface area (Å²) in [6.45, 7) is 4.63. The van der Waals surface area contributed by atoms with E-state index in [-0.39, 0.29) is 24.0 Å². The van der Waals surface area contributed by atoms with Gasteiger partial charge in [0.1, 0.15) is 5.76 Å². The molecule has 6 heteroatoms. The van der Waals surface area contributed by atoms with Gasteiger partial charge in [0, 0.05) is 25.3 Å². The summed E-state index contributed by atoms with van der Waals surface area (Å²) < 4.78 is 5.27. The lowest BCUT2D eigenvalue weighted by Gasteiger charge is -2.10. The van der Waals surface area contributed by atoms with Crippen LogP contribution in [0.2, 0.25) is 0 Å². The predicted molar refractivity (Wildman–Crippen MR) is 90.2 cm³/mol. The lowest BCUT2D eigenvalue weighted by atomic mass is 10.3. The second kappa shape index (κ2) is 11.7. The Morgan fingerprint density at radius 1 is 1.44 bits per heavy atom. The molecule has 0 unspecified atom stereocenters. The van der Waals surface area contributed by atoms with E-state index in [0.717, 1.165) is 43.5 Å². The average Bonchev–Trinajstić information content (AvgIpc) is 2.82. The molecule has 1 heterocycles. The molecule has 0 spiro atoms. The fourth-order valence-corrected chi connectivity index (χ4v) is 1.62. The van der Waals surface area contributed by atoms with Gasteiger partial charge in [-0.05, 0) is 25.3 Å². The Bertz CT molecular complexity index is 317. The summed E-state index contributed by atoms with van der Waals surface area (Å²) in [6, 6.07) is 3.90. The zero-order valence-corrected chi connectivity index (χ0v) is 14.1. The molecule has 0 amide bonds. The van der Waals surface area contributed by atoms with Crippen LogP contribution in [0, 0.1) is 0 Å². The van der Waals surface area contributed by atoms with Crippen molar-refractivity contribution in [2.24, 2.45) is 4.99 Å². The number of halogens is 1. The molecule has 0 saturated carbocycles. The molecule has 0 aliphatic carbocycles. The smallest absolute Gasteiger partial charge is 0.191 e. The number of hydrogen-bond donors (Lipinski definition) is 2. The van der Waals surface area contributed by atoms with Crippen LogP contribution in [0.15, 0.2) is 27.8 Å². The van der Waals surface area contributed by atoms with Crippen LogP contribution in [-0.2, 0) is 6.42 Å². The normalized spacial score (nSPS) is 10.9. The van der Waals surface area contributed by atoms with Crippen molar-refractivity contribution in [1.82, 2.24) is 10.6 Å². The van der Waals surface area contributed by atoms with E-state index in [0.29, 0.717) is 0 Å².